The third kappa shape index (κ3) is 5.94. The number of hydrogen-bond acceptors (Lipinski definition) is 2. The molecule has 21 heavy (non-hydrogen) atoms. The van der Waals surface area contributed by atoms with Crippen LogP contribution in [0.2, 0.25) is 0 Å². The summed E-state index contributed by atoms with van der Waals surface area (Å²) in [5.41, 5.74) is 0.208. The molecule has 0 atom stereocenters. The first kappa shape index (κ1) is 17.1. The summed E-state index contributed by atoms with van der Waals surface area (Å²) in [5, 5.41) is 2.80. The zero-order valence-electron chi connectivity index (χ0n) is 12.9. The normalized spacial score (nSPS) is 10.5. The summed E-state index contributed by atoms with van der Waals surface area (Å²) in [6, 6.07) is 6.06. The summed E-state index contributed by atoms with van der Waals surface area (Å²) in [6.07, 6.45) is 1.07. The highest BCUT2D eigenvalue weighted by molar-refractivity contribution is 5.92. The van der Waals surface area contributed by atoms with Crippen LogP contribution in [0.15, 0.2) is 24.3 Å². The van der Waals surface area contributed by atoms with E-state index in [1.807, 2.05) is 0 Å². The minimum atomic E-state index is -0.465. The van der Waals surface area contributed by atoms with Crippen molar-refractivity contribution < 1.29 is 14.0 Å². The molecule has 0 saturated heterocycles. The number of amides is 2. The smallest absolute Gasteiger partial charge is 0.223 e. The predicted molar refractivity (Wildman–Crippen MR) is 81.5 cm³/mol. The fraction of sp³-hybridized carbons (Fsp3) is 0.500. The summed E-state index contributed by atoms with van der Waals surface area (Å²) in [5.74, 6) is -0.348. The van der Waals surface area contributed by atoms with Crippen LogP contribution in [0.4, 0.5) is 10.1 Å². The highest BCUT2D eigenvalue weighted by Crippen LogP contribution is 2.19. The minimum Gasteiger partial charge on any atom is -0.356 e. The molecule has 0 aliphatic carbocycles. The van der Waals surface area contributed by atoms with Gasteiger partial charge in [-0.25, -0.2) is 4.39 Å². The Kier molecular flexibility index (Phi) is 6.85. The van der Waals surface area contributed by atoms with E-state index in [2.05, 4.69) is 19.2 Å². The number of anilines is 1. The molecule has 1 rings (SSSR count). The molecular weight excluding hydrogens is 271 g/mol. The lowest BCUT2D eigenvalue weighted by Crippen LogP contribution is -2.34. The largest absolute Gasteiger partial charge is 0.356 e. The number of rotatable bonds is 7. The third-order valence-corrected chi connectivity index (χ3v) is 3.13. The van der Waals surface area contributed by atoms with Gasteiger partial charge in [-0.2, -0.15) is 0 Å². The van der Waals surface area contributed by atoms with Gasteiger partial charge in [0, 0.05) is 26.4 Å². The van der Waals surface area contributed by atoms with Crippen molar-refractivity contribution in [3.8, 4) is 0 Å². The highest BCUT2D eigenvalue weighted by atomic mass is 19.1. The van der Waals surface area contributed by atoms with E-state index in [1.54, 1.807) is 12.1 Å². The second-order valence-corrected chi connectivity index (χ2v) is 5.40. The van der Waals surface area contributed by atoms with Gasteiger partial charge in [-0.15, -0.1) is 0 Å². The number of hydrogen-bond donors (Lipinski definition) is 1. The zero-order valence-corrected chi connectivity index (χ0v) is 12.9. The van der Waals surface area contributed by atoms with Crippen molar-refractivity contribution in [3.63, 3.8) is 0 Å². The standard InChI is InChI=1S/C16H23FN2O2/c1-12(2)8-10-18-16(21)9-11-19(13(3)20)15-7-5-4-6-14(15)17/h4-7,12H,8-11H2,1-3H3,(H,18,21). The summed E-state index contributed by atoms with van der Waals surface area (Å²) >= 11 is 0. The first-order valence-corrected chi connectivity index (χ1v) is 7.21. The van der Waals surface area contributed by atoms with Gasteiger partial charge in [0.2, 0.25) is 11.8 Å². The van der Waals surface area contributed by atoms with Crippen LogP contribution >= 0.6 is 0 Å². The van der Waals surface area contributed by atoms with Crippen LogP contribution < -0.4 is 10.2 Å². The average molecular weight is 294 g/mol. The van der Waals surface area contributed by atoms with E-state index < -0.39 is 5.82 Å². The summed E-state index contributed by atoms with van der Waals surface area (Å²) in [7, 11) is 0. The van der Waals surface area contributed by atoms with Crippen molar-refractivity contribution in [1.29, 1.82) is 0 Å². The Morgan fingerprint density at radius 2 is 1.95 bits per heavy atom. The first-order chi connectivity index (χ1) is 9.91. The van der Waals surface area contributed by atoms with Gasteiger partial charge >= 0.3 is 0 Å². The van der Waals surface area contributed by atoms with Gasteiger partial charge < -0.3 is 10.2 Å². The second kappa shape index (κ2) is 8.39. The van der Waals surface area contributed by atoms with Crippen molar-refractivity contribution in [2.75, 3.05) is 18.0 Å². The summed E-state index contributed by atoms with van der Waals surface area (Å²) in [6.45, 7) is 6.33. The topological polar surface area (TPSA) is 49.4 Å². The van der Waals surface area contributed by atoms with Gasteiger partial charge in [0.05, 0.1) is 5.69 Å². The maximum atomic E-state index is 13.7. The van der Waals surface area contributed by atoms with Gasteiger partial charge in [-0.1, -0.05) is 26.0 Å². The molecule has 0 unspecified atom stereocenters. The van der Waals surface area contributed by atoms with Gasteiger partial charge in [-0.05, 0) is 24.5 Å². The number of nitrogens with zero attached hydrogens (tertiary/aromatic N) is 1. The number of nitrogens with one attached hydrogen (secondary N) is 1. The van der Waals surface area contributed by atoms with Crippen molar-refractivity contribution in [2.24, 2.45) is 5.92 Å². The van der Waals surface area contributed by atoms with Gasteiger partial charge in [0.15, 0.2) is 0 Å². The molecule has 1 aromatic carbocycles. The molecule has 0 aliphatic heterocycles. The van der Waals surface area contributed by atoms with Gasteiger partial charge in [0.1, 0.15) is 5.82 Å². The van der Waals surface area contributed by atoms with Crippen molar-refractivity contribution in [2.45, 2.75) is 33.6 Å². The van der Waals surface area contributed by atoms with Crippen LogP contribution in [0.25, 0.3) is 0 Å². The number of para-hydroxylation sites is 1. The monoisotopic (exact) mass is 294 g/mol. The Morgan fingerprint density at radius 3 is 2.52 bits per heavy atom. The summed E-state index contributed by atoms with van der Waals surface area (Å²) < 4.78 is 13.7. The molecule has 0 aliphatic rings. The maximum Gasteiger partial charge on any atom is 0.223 e. The maximum absolute atomic E-state index is 13.7. The SMILES string of the molecule is CC(=O)N(CCC(=O)NCCC(C)C)c1ccccc1F. The zero-order chi connectivity index (χ0) is 15.8. The second-order valence-electron chi connectivity index (χ2n) is 5.40. The molecule has 0 radical (unpaired) electrons. The van der Waals surface area contributed by atoms with Crippen molar-refractivity contribution in [1.82, 2.24) is 5.32 Å². The van der Waals surface area contributed by atoms with Crippen molar-refractivity contribution in [3.05, 3.63) is 30.1 Å². The molecule has 0 spiro atoms. The Labute approximate surface area is 125 Å². The molecule has 0 aromatic heterocycles. The Hall–Kier alpha value is -1.91. The quantitative estimate of drug-likeness (QED) is 0.840. The van der Waals surface area contributed by atoms with Crippen LogP contribution in [0.1, 0.15) is 33.6 Å². The van der Waals surface area contributed by atoms with Crippen LogP contribution in [-0.2, 0) is 9.59 Å². The fourth-order valence-electron chi connectivity index (χ4n) is 1.92. The van der Waals surface area contributed by atoms with Crippen LogP contribution in [0.3, 0.4) is 0 Å². The molecule has 2 amide bonds. The van der Waals surface area contributed by atoms with E-state index in [0.29, 0.717) is 12.5 Å². The molecule has 5 heteroatoms. The Balaban J connectivity index is 2.55. The molecule has 116 valence electrons. The lowest BCUT2D eigenvalue weighted by Gasteiger charge is -2.21. The minimum absolute atomic E-state index is 0.127. The van der Waals surface area contributed by atoms with E-state index in [9.17, 15) is 14.0 Å². The Morgan fingerprint density at radius 1 is 1.29 bits per heavy atom. The fourth-order valence-corrected chi connectivity index (χ4v) is 1.92. The van der Waals surface area contributed by atoms with Gasteiger partial charge in [0.25, 0.3) is 0 Å². The first-order valence-electron chi connectivity index (χ1n) is 7.21. The third-order valence-electron chi connectivity index (χ3n) is 3.13. The molecule has 0 fully saturated rings. The van der Waals surface area contributed by atoms with E-state index in [0.717, 1.165) is 6.42 Å². The van der Waals surface area contributed by atoms with Crippen LogP contribution in [0.5, 0.6) is 0 Å². The number of carbonyl (C=O) groups is 2. The predicted octanol–water partition coefficient (Wildman–Crippen LogP) is 2.73. The van der Waals surface area contributed by atoms with Crippen LogP contribution in [-0.4, -0.2) is 24.9 Å². The summed E-state index contributed by atoms with van der Waals surface area (Å²) in [4.78, 5) is 24.7. The molecule has 0 heterocycles. The molecule has 1 aromatic rings. The van der Waals surface area contributed by atoms with Crippen molar-refractivity contribution >= 4 is 17.5 Å². The van der Waals surface area contributed by atoms with Crippen LogP contribution in [0, 0.1) is 11.7 Å². The lowest BCUT2D eigenvalue weighted by atomic mass is 10.1. The molecule has 0 bridgehead atoms. The van der Waals surface area contributed by atoms with E-state index in [4.69, 9.17) is 0 Å². The van der Waals surface area contributed by atoms with E-state index in [1.165, 1.54) is 24.0 Å². The average Bonchev–Trinajstić information content (AvgIpc) is 2.40. The van der Waals surface area contributed by atoms with E-state index in [-0.39, 0.29) is 30.5 Å². The lowest BCUT2D eigenvalue weighted by molar-refractivity contribution is -0.121. The molecule has 4 nitrogen and oxygen atoms in total. The van der Waals surface area contributed by atoms with Gasteiger partial charge in [-0.3, -0.25) is 9.59 Å². The number of carbonyl (C=O) groups excluding carboxylic acids is 2. The molecule has 0 saturated carbocycles. The number of halogens is 1. The molecular formula is C16H23FN2O2. The Bertz CT molecular complexity index is 489. The van der Waals surface area contributed by atoms with E-state index >= 15 is 0 Å². The molecule has 1 N–H and O–H groups in total. The highest BCUT2D eigenvalue weighted by Gasteiger charge is 2.16. The number of benzene rings is 1.